The van der Waals surface area contributed by atoms with E-state index >= 15 is 0 Å². The van der Waals surface area contributed by atoms with Crippen molar-refractivity contribution in [3.8, 4) is 5.75 Å². The molecule has 7 nitrogen and oxygen atoms in total. The summed E-state index contributed by atoms with van der Waals surface area (Å²) < 4.78 is 12.8. The fourth-order valence-corrected chi connectivity index (χ4v) is 5.57. The van der Waals surface area contributed by atoms with Gasteiger partial charge in [-0.3, -0.25) is 9.59 Å². The van der Waals surface area contributed by atoms with Crippen LogP contribution in [0.1, 0.15) is 65.4 Å². The molecule has 0 N–H and O–H groups in total. The van der Waals surface area contributed by atoms with E-state index in [0.717, 1.165) is 37.7 Å². The zero-order valence-electron chi connectivity index (χ0n) is 18.3. The van der Waals surface area contributed by atoms with Crippen molar-refractivity contribution >= 4 is 11.9 Å². The van der Waals surface area contributed by atoms with Gasteiger partial charge in [-0.1, -0.05) is 36.8 Å². The number of amides is 1. The van der Waals surface area contributed by atoms with Gasteiger partial charge < -0.3 is 18.9 Å². The highest BCUT2D eigenvalue weighted by Gasteiger charge is 2.47. The van der Waals surface area contributed by atoms with Crippen LogP contribution in [0.5, 0.6) is 5.75 Å². The summed E-state index contributed by atoms with van der Waals surface area (Å²) in [5.74, 6) is -0.448. The molecule has 4 heterocycles. The van der Waals surface area contributed by atoms with Crippen molar-refractivity contribution in [2.24, 2.45) is 5.92 Å². The van der Waals surface area contributed by atoms with Gasteiger partial charge in [0, 0.05) is 18.8 Å². The Labute approximate surface area is 186 Å². The van der Waals surface area contributed by atoms with Crippen molar-refractivity contribution in [2.45, 2.75) is 64.3 Å². The van der Waals surface area contributed by atoms with Gasteiger partial charge in [-0.05, 0) is 44.1 Å². The molecule has 1 aliphatic carbocycles. The summed E-state index contributed by atoms with van der Waals surface area (Å²) in [7, 11) is 0. The predicted octanol–water partition coefficient (Wildman–Crippen LogP) is 3.39. The first kappa shape index (κ1) is 20.8. The summed E-state index contributed by atoms with van der Waals surface area (Å²) in [6, 6.07) is 9.77. The number of piperidine rings is 1. The number of ether oxygens (including phenoxy) is 2. The monoisotopic (exact) mass is 436 g/mol. The van der Waals surface area contributed by atoms with Gasteiger partial charge in [0.2, 0.25) is 5.43 Å². The van der Waals surface area contributed by atoms with Crippen LogP contribution in [0.3, 0.4) is 0 Å². The van der Waals surface area contributed by atoms with Crippen LogP contribution < -0.4 is 10.2 Å². The van der Waals surface area contributed by atoms with Gasteiger partial charge in [0.25, 0.3) is 5.91 Å². The Morgan fingerprint density at radius 3 is 2.69 bits per heavy atom. The molecule has 2 aromatic rings. The smallest absolute Gasteiger partial charge is 0.343 e. The van der Waals surface area contributed by atoms with Crippen LogP contribution in [0.25, 0.3) is 0 Å². The molecule has 0 radical (unpaired) electrons. The lowest BCUT2D eigenvalue weighted by Gasteiger charge is -2.47. The van der Waals surface area contributed by atoms with E-state index < -0.39 is 11.4 Å². The van der Waals surface area contributed by atoms with Crippen molar-refractivity contribution < 1.29 is 19.1 Å². The molecule has 7 heteroatoms. The van der Waals surface area contributed by atoms with Crippen LogP contribution in [0, 0.1) is 5.92 Å². The molecule has 6 rings (SSSR count). The number of pyridine rings is 1. The first-order valence-electron chi connectivity index (χ1n) is 11.5. The van der Waals surface area contributed by atoms with Gasteiger partial charge >= 0.3 is 5.97 Å². The number of hydrogen-bond acceptors (Lipinski definition) is 5. The van der Waals surface area contributed by atoms with E-state index in [2.05, 4.69) is 0 Å². The van der Waals surface area contributed by atoms with Crippen molar-refractivity contribution in [3.05, 3.63) is 63.6 Å². The lowest BCUT2D eigenvalue weighted by Crippen LogP contribution is -2.58. The number of carbonyl (C=O) groups is 2. The summed E-state index contributed by atoms with van der Waals surface area (Å²) in [6.07, 6.45) is 6.87. The molecule has 1 amide bonds. The SMILES string of the molecule is CCOC(=O)c1cn2c(c(OCc3ccccc3)c1=O)C(=O)N1C3CCCC(CC3)C1C2. The zero-order chi connectivity index (χ0) is 22.2. The van der Waals surface area contributed by atoms with E-state index in [4.69, 9.17) is 9.47 Å². The number of rotatable bonds is 5. The van der Waals surface area contributed by atoms with Crippen LogP contribution in [-0.2, 0) is 17.9 Å². The van der Waals surface area contributed by atoms with Gasteiger partial charge in [0.1, 0.15) is 12.2 Å². The molecule has 1 aromatic carbocycles. The minimum absolute atomic E-state index is 0.0528. The fraction of sp³-hybridized carbons (Fsp3) is 0.480. The first-order valence-corrected chi connectivity index (χ1v) is 11.5. The molecule has 168 valence electrons. The number of fused-ring (bicyclic) bond motifs is 4. The highest BCUT2D eigenvalue weighted by molar-refractivity contribution is 5.98. The molecule has 3 unspecified atom stereocenters. The molecular formula is C25H28N2O5. The second kappa shape index (κ2) is 8.45. The zero-order valence-corrected chi connectivity index (χ0v) is 18.3. The van der Waals surface area contributed by atoms with E-state index in [1.807, 2.05) is 35.2 Å². The van der Waals surface area contributed by atoms with Crippen molar-refractivity contribution in [1.82, 2.24) is 9.47 Å². The molecule has 4 aliphatic rings. The third-order valence-corrected chi connectivity index (χ3v) is 7.06. The van der Waals surface area contributed by atoms with Crippen molar-refractivity contribution in [2.75, 3.05) is 6.61 Å². The predicted molar refractivity (Wildman–Crippen MR) is 118 cm³/mol. The number of aromatic nitrogens is 1. The average Bonchev–Trinajstić information content (AvgIpc) is 3.14. The second-order valence-corrected chi connectivity index (χ2v) is 8.90. The third kappa shape index (κ3) is 3.49. The lowest BCUT2D eigenvalue weighted by molar-refractivity contribution is 0.0193. The maximum absolute atomic E-state index is 13.8. The Morgan fingerprint density at radius 1 is 1.09 bits per heavy atom. The largest absolute Gasteiger partial charge is 0.483 e. The molecule has 0 spiro atoms. The van der Waals surface area contributed by atoms with Crippen LogP contribution in [0.4, 0.5) is 0 Å². The molecular weight excluding hydrogens is 408 g/mol. The molecule has 32 heavy (non-hydrogen) atoms. The summed E-state index contributed by atoms with van der Waals surface area (Å²) in [5.41, 5.74) is 0.459. The Morgan fingerprint density at radius 2 is 1.91 bits per heavy atom. The summed E-state index contributed by atoms with van der Waals surface area (Å²) in [6.45, 7) is 2.57. The Hall–Kier alpha value is -3.09. The number of carbonyl (C=O) groups excluding carboxylic acids is 2. The van der Waals surface area contributed by atoms with Crippen molar-refractivity contribution in [3.63, 3.8) is 0 Å². The minimum atomic E-state index is -0.686. The molecule has 2 saturated heterocycles. The number of benzene rings is 1. The fourth-order valence-electron chi connectivity index (χ4n) is 5.57. The minimum Gasteiger partial charge on any atom is -0.483 e. The normalized spacial score (nSPS) is 23.8. The second-order valence-electron chi connectivity index (χ2n) is 8.90. The summed E-state index contributed by atoms with van der Waals surface area (Å²) >= 11 is 0. The highest BCUT2D eigenvalue weighted by Crippen LogP contribution is 2.42. The molecule has 2 bridgehead atoms. The average molecular weight is 437 g/mol. The van der Waals surface area contributed by atoms with E-state index in [0.29, 0.717) is 12.5 Å². The Bertz CT molecular complexity index is 1090. The maximum Gasteiger partial charge on any atom is 0.343 e. The van der Waals surface area contributed by atoms with Crippen LogP contribution in [-0.4, -0.2) is 40.0 Å². The molecule has 1 aromatic heterocycles. The highest BCUT2D eigenvalue weighted by atomic mass is 16.5. The van der Waals surface area contributed by atoms with Crippen LogP contribution >= 0.6 is 0 Å². The third-order valence-electron chi connectivity index (χ3n) is 7.06. The topological polar surface area (TPSA) is 77.8 Å². The van der Waals surface area contributed by atoms with Gasteiger partial charge in [-0.2, -0.15) is 0 Å². The summed E-state index contributed by atoms with van der Waals surface area (Å²) in [5, 5.41) is 0. The number of nitrogens with zero attached hydrogens (tertiary/aromatic N) is 2. The molecule has 3 fully saturated rings. The van der Waals surface area contributed by atoms with E-state index in [1.165, 1.54) is 6.20 Å². The molecule has 3 atom stereocenters. The van der Waals surface area contributed by atoms with Crippen LogP contribution in [0.2, 0.25) is 0 Å². The van der Waals surface area contributed by atoms with Crippen molar-refractivity contribution in [1.29, 1.82) is 0 Å². The Kier molecular flexibility index (Phi) is 5.49. The summed E-state index contributed by atoms with van der Waals surface area (Å²) in [4.78, 5) is 41.6. The molecule has 3 aliphatic heterocycles. The quantitative estimate of drug-likeness (QED) is 0.672. The number of hydrogen-bond donors (Lipinski definition) is 0. The van der Waals surface area contributed by atoms with E-state index in [-0.39, 0.29) is 48.2 Å². The first-order chi connectivity index (χ1) is 15.6. The maximum atomic E-state index is 13.8. The molecule has 1 saturated carbocycles. The van der Waals surface area contributed by atoms with Gasteiger partial charge in [0.05, 0.1) is 12.6 Å². The number of esters is 1. The van der Waals surface area contributed by atoms with Gasteiger partial charge in [-0.15, -0.1) is 0 Å². The lowest BCUT2D eigenvalue weighted by atomic mass is 9.84. The standard InChI is InChI=1S/C25H28N2O5/c1-2-31-25(30)19-13-26-14-20-17-9-6-10-18(12-11-17)27(20)24(29)21(26)23(22(19)28)32-15-16-7-4-3-5-8-16/h3-5,7-8,13,17-18,20H,2,6,9-12,14-15H2,1H3. The van der Waals surface area contributed by atoms with E-state index in [9.17, 15) is 14.4 Å². The van der Waals surface area contributed by atoms with E-state index in [1.54, 1.807) is 11.5 Å². The Balaban J connectivity index is 1.60. The van der Waals surface area contributed by atoms with Gasteiger partial charge in [0.15, 0.2) is 11.4 Å². The van der Waals surface area contributed by atoms with Gasteiger partial charge in [-0.25, -0.2) is 4.79 Å². The van der Waals surface area contributed by atoms with Crippen LogP contribution in [0.15, 0.2) is 41.3 Å².